The standard InChI is InChI=1S/C17H32N2/c1-11-16(2,3)14-7-6-12-8-18-10-19-9-13(12)15(14)17(11,4)5/h11-15,18-19H,6-10H2,1-5H3. The molecule has 2 nitrogen and oxygen atoms in total. The van der Waals surface area contributed by atoms with Crippen LogP contribution in [0.15, 0.2) is 0 Å². The Morgan fingerprint density at radius 2 is 1.58 bits per heavy atom. The lowest BCUT2D eigenvalue weighted by Gasteiger charge is -2.46. The van der Waals surface area contributed by atoms with Crippen LogP contribution in [0.1, 0.15) is 47.5 Å². The molecule has 3 rings (SSSR count). The smallest absolute Gasteiger partial charge is 0.0454 e. The van der Waals surface area contributed by atoms with Crippen LogP contribution < -0.4 is 10.6 Å². The normalized spacial score (nSPS) is 48.2. The molecular weight excluding hydrogens is 232 g/mol. The molecule has 1 heterocycles. The van der Waals surface area contributed by atoms with Gasteiger partial charge >= 0.3 is 0 Å². The van der Waals surface area contributed by atoms with Gasteiger partial charge in [-0.25, -0.2) is 0 Å². The maximum atomic E-state index is 3.63. The Morgan fingerprint density at radius 1 is 0.895 bits per heavy atom. The van der Waals surface area contributed by atoms with Crippen molar-refractivity contribution >= 4 is 0 Å². The first-order valence-electron chi connectivity index (χ1n) is 8.28. The number of fused-ring (bicyclic) bond motifs is 3. The van der Waals surface area contributed by atoms with Crippen LogP contribution in [-0.2, 0) is 0 Å². The molecular formula is C17H32N2. The van der Waals surface area contributed by atoms with Crippen LogP contribution in [0.25, 0.3) is 0 Å². The molecule has 1 aliphatic heterocycles. The first-order valence-corrected chi connectivity index (χ1v) is 8.28. The summed E-state index contributed by atoms with van der Waals surface area (Å²) < 4.78 is 0. The summed E-state index contributed by atoms with van der Waals surface area (Å²) in [5.41, 5.74) is 1.00. The van der Waals surface area contributed by atoms with Gasteiger partial charge in [0.1, 0.15) is 0 Å². The van der Waals surface area contributed by atoms with Gasteiger partial charge in [0.25, 0.3) is 0 Å². The van der Waals surface area contributed by atoms with E-state index < -0.39 is 0 Å². The fourth-order valence-electron chi connectivity index (χ4n) is 5.98. The largest absolute Gasteiger partial charge is 0.304 e. The molecule has 19 heavy (non-hydrogen) atoms. The third-order valence-corrected chi connectivity index (χ3v) is 7.43. The van der Waals surface area contributed by atoms with Crippen LogP contribution in [0.5, 0.6) is 0 Å². The van der Waals surface area contributed by atoms with Gasteiger partial charge in [-0.05, 0) is 66.4 Å². The summed E-state index contributed by atoms with van der Waals surface area (Å²) in [7, 11) is 0. The second-order valence-electron chi connectivity index (χ2n) is 8.58. The lowest BCUT2D eigenvalue weighted by molar-refractivity contribution is 0.0337. The number of hydrogen-bond donors (Lipinski definition) is 2. The minimum absolute atomic E-state index is 0.490. The zero-order valence-electron chi connectivity index (χ0n) is 13.4. The summed E-state index contributed by atoms with van der Waals surface area (Å²) in [5.74, 6) is 4.44. The van der Waals surface area contributed by atoms with Crippen LogP contribution in [0.3, 0.4) is 0 Å². The van der Waals surface area contributed by atoms with Crippen molar-refractivity contribution in [2.24, 2.45) is 40.4 Å². The summed E-state index contributed by atoms with van der Waals surface area (Å²) in [5, 5.41) is 7.20. The van der Waals surface area contributed by atoms with E-state index in [0.717, 1.165) is 36.3 Å². The SMILES string of the molecule is CC1C(C)(C)C2CCC3CNCNCC3C2C1(C)C. The van der Waals surface area contributed by atoms with Crippen molar-refractivity contribution in [1.29, 1.82) is 0 Å². The van der Waals surface area contributed by atoms with Gasteiger partial charge in [0, 0.05) is 6.67 Å². The molecule has 2 N–H and O–H groups in total. The molecule has 1 saturated heterocycles. The summed E-state index contributed by atoms with van der Waals surface area (Å²) in [4.78, 5) is 0. The van der Waals surface area contributed by atoms with E-state index in [-0.39, 0.29) is 0 Å². The van der Waals surface area contributed by atoms with E-state index in [1.807, 2.05) is 0 Å². The van der Waals surface area contributed by atoms with Crippen molar-refractivity contribution in [1.82, 2.24) is 10.6 Å². The Hall–Kier alpha value is -0.0800. The van der Waals surface area contributed by atoms with E-state index in [1.165, 1.54) is 25.9 Å². The second kappa shape index (κ2) is 4.46. The maximum absolute atomic E-state index is 3.63. The lowest BCUT2D eigenvalue weighted by atomic mass is 9.60. The molecule has 0 radical (unpaired) electrons. The number of hydrogen-bond acceptors (Lipinski definition) is 2. The molecule has 5 atom stereocenters. The summed E-state index contributed by atoms with van der Waals surface area (Å²) in [6.45, 7) is 16.1. The highest BCUT2D eigenvalue weighted by atomic mass is 15.1. The van der Waals surface area contributed by atoms with Gasteiger partial charge in [-0.1, -0.05) is 34.6 Å². The van der Waals surface area contributed by atoms with E-state index in [2.05, 4.69) is 45.3 Å². The first-order chi connectivity index (χ1) is 8.87. The van der Waals surface area contributed by atoms with Crippen LogP contribution >= 0.6 is 0 Å². The monoisotopic (exact) mass is 264 g/mol. The van der Waals surface area contributed by atoms with E-state index >= 15 is 0 Å². The molecule has 2 heteroatoms. The van der Waals surface area contributed by atoms with Gasteiger partial charge < -0.3 is 10.6 Å². The molecule has 0 aromatic carbocycles. The highest BCUT2D eigenvalue weighted by Crippen LogP contribution is 2.66. The Kier molecular flexibility index (Phi) is 3.26. The van der Waals surface area contributed by atoms with E-state index in [9.17, 15) is 0 Å². The van der Waals surface area contributed by atoms with Gasteiger partial charge in [0.15, 0.2) is 0 Å². The Bertz CT molecular complexity index is 347. The van der Waals surface area contributed by atoms with Gasteiger partial charge in [-0.2, -0.15) is 0 Å². The average Bonchev–Trinajstić information content (AvgIpc) is 2.57. The van der Waals surface area contributed by atoms with Crippen molar-refractivity contribution in [2.75, 3.05) is 19.8 Å². The molecule has 0 amide bonds. The average molecular weight is 264 g/mol. The fraction of sp³-hybridized carbons (Fsp3) is 1.00. The molecule has 0 aromatic heterocycles. The van der Waals surface area contributed by atoms with Crippen LogP contribution in [0.4, 0.5) is 0 Å². The molecule has 3 fully saturated rings. The quantitative estimate of drug-likeness (QED) is 0.702. The summed E-state index contributed by atoms with van der Waals surface area (Å²) in [6.07, 6.45) is 2.89. The van der Waals surface area contributed by atoms with Crippen LogP contribution in [0.2, 0.25) is 0 Å². The van der Waals surface area contributed by atoms with Crippen molar-refractivity contribution in [2.45, 2.75) is 47.5 Å². The zero-order valence-corrected chi connectivity index (χ0v) is 13.4. The minimum Gasteiger partial charge on any atom is -0.304 e. The molecule has 2 aliphatic carbocycles. The van der Waals surface area contributed by atoms with E-state index in [1.54, 1.807) is 0 Å². The van der Waals surface area contributed by atoms with Crippen LogP contribution in [0, 0.1) is 40.4 Å². The topological polar surface area (TPSA) is 24.1 Å². The lowest BCUT2D eigenvalue weighted by Crippen LogP contribution is -2.44. The Balaban J connectivity index is 1.96. The minimum atomic E-state index is 0.490. The molecule has 3 aliphatic rings. The fourth-order valence-corrected chi connectivity index (χ4v) is 5.98. The van der Waals surface area contributed by atoms with Gasteiger partial charge in [0.2, 0.25) is 0 Å². The van der Waals surface area contributed by atoms with E-state index in [0.29, 0.717) is 10.8 Å². The summed E-state index contributed by atoms with van der Waals surface area (Å²) >= 11 is 0. The van der Waals surface area contributed by atoms with Crippen molar-refractivity contribution in [3.63, 3.8) is 0 Å². The molecule has 2 saturated carbocycles. The van der Waals surface area contributed by atoms with Gasteiger partial charge in [0.05, 0.1) is 0 Å². The Morgan fingerprint density at radius 3 is 2.32 bits per heavy atom. The summed E-state index contributed by atoms with van der Waals surface area (Å²) in [6, 6.07) is 0. The highest BCUT2D eigenvalue weighted by Gasteiger charge is 2.61. The van der Waals surface area contributed by atoms with Crippen molar-refractivity contribution < 1.29 is 0 Å². The number of nitrogens with one attached hydrogen (secondary N) is 2. The first kappa shape index (κ1) is 13.9. The van der Waals surface area contributed by atoms with Gasteiger partial charge in [-0.15, -0.1) is 0 Å². The molecule has 5 unspecified atom stereocenters. The number of rotatable bonds is 0. The highest BCUT2D eigenvalue weighted by molar-refractivity contribution is 5.10. The van der Waals surface area contributed by atoms with Crippen molar-refractivity contribution in [3.8, 4) is 0 Å². The predicted molar refractivity (Wildman–Crippen MR) is 80.8 cm³/mol. The van der Waals surface area contributed by atoms with Crippen molar-refractivity contribution in [3.05, 3.63) is 0 Å². The molecule has 0 bridgehead atoms. The zero-order chi connectivity index (χ0) is 13.8. The Labute approximate surface area is 119 Å². The third-order valence-electron chi connectivity index (χ3n) is 7.43. The maximum Gasteiger partial charge on any atom is 0.0454 e. The molecule has 0 spiro atoms. The predicted octanol–water partition coefficient (Wildman–Crippen LogP) is 3.10. The van der Waals surface area contributed by atoms with Crippen LogP contribution in [-0.4, -0.2) is 19.8 Å². The van der Waals surface area contributed by atoms with Gasteiger partial charge in [-0.3, -0.25) is 0 Å². The molecule has 110 valence electrons. The second-order valence-corrected chi connectivity index (χ2v) is 8.58. The third kappa shape index (κ3) is 1.90. The van der Waals surface area contributed by atoms with E-state index in [4.69, 9.17) is 0 Å². The molecule has 0 aromatic rings.